The van der Waals surface area contributed by atoms with Crippen LogP contribution in [-0.2, 0) is 10.8 Å². The van der Waals surface area contributed by atoms with Crippen LogP contribution in [0.4, 0.5) is 0 Å². The maximum Gasteiger partial charge on any atom is 0.0409 e. The van der Waals surface area contributed by atoms with Crippen LogP contribution in [0, 0.1) is 0 Å². The molecule has 0 saturated carbocycles. The summed E-state index contributed by atoms with van der Waals surface area (Å²) in [6.07, 6.45) is 3.71. The zero-order chi connectivity index (χ0) is 11.3. The van der Waals surface area contributed by atoms with Gasteiger partial charge in [0.05, 0.1) is 0 Å². The molecule has 1 aliphatic heterocycles. The van der Waals surface area contributed by atoms with Gasteiger partial charge in [0.25, 0.3) is 0 Å². The van der Waals surface area contributed by atoms with Crippen LogP contribution >= 0.6 is 0 Å². The minimum absolute atomic E-state index is 0.293. The van der Waals surface area contributed by atoms with Crippen LogP contribution in [0.3, 0.4) is 0 Å². The number of rotatable bonds is 6. The molecule has 15 heavy (non-hydrogen) atoms. The molecule has 4 heteroatoms. The van der Waals surface area contributed by atoms with Crippen LogP contribution in [0.1, 0.15) is 33.1 Å². The zero-order valence-electron chi connectivity index (χ0n) is 10.00. The molecule has 1 rings (SSSR count). The number of nitrogens with zero attached hydrogens (tertiary/aromatic N) is 1. The van der Waals surface area contributed by atoms with E-state index in [1.807, 2.05) is 13.8 Å². The average Bonchev–Trinajstić information content (AvgIpc) is 2.53. The number of nitrogens with two attached hydrogens (primary N) is 1. The molecule has 2 N–H and O–H groups in total. The van der Waals surface area contributed by atoms with E-state index < -0.39 is 10.8 Å². The van der Waals surface area contributed by atoms with Crippen molar-refractivity contribution in [2.24, 2.45) is 5.73 Å². The van der Waals surface area contributed by atoms with Crippen LogP contribution in [-0.4, -0.2) is 45.8 Å². The topological polar surface area (TPSA) is 46.3 Å². The Labute approximate surface area is 95.9 Å². The highest BCUT2D eigenvalue weighted by Crippen LogP contribution is 2.08. The molecule has 1 fully saturated rings. The first-order valence-corrected chi connectivity index (χ1v) is 7.32. The summed E-state index contributed by atoms with van der Waals surface area (Å²) in [5, 5.41) is 0. The molecule has 1 aliphatic rings. The molecule has 3 nitrogen and oxygen atoms in total. The van der Waals surface area contributed by atoms with Gasteiger partial charge in [0.15, 0.2) is 0 Å². The summed E-state index contributed by atoms with van der Waals surface area (Å²) in [7, 11) is -0.741. The third-order valence-corrected chi connectivity index (χ3v) is 4.39. The lowest BCUT2D eigenvalue weighted by atomic mass is 10.1. The summed E-state index contributed by atoms with van der Waals surface area (Å²) in [6, 6.07) is 0. The second kappa shape index (κ2) is 5.97. The van der Waals surface area contributed by atoms with Gasteiger partial charge in [0.1, 0.15) is 0 Å². The van der Waals surface area contributed by atoms with Crippen molar-refractivity contribution in [1.82, 2.24) is 4.90 Å². The standard InChI is InChI=1S/C11H24N2OS/c1-11(2,12)10-15(14)9-5-8-13-6-3-4-7-13/h3-10,12H2,1-2H3. The van der Waals surface area contributed by atoms with Crippen LogP contribution < -0.4 is 5.73 Å². The molecular formula is C11H24N2OS. The van der Waals surface area contributed by atoms with Gasteiger partial charge in [-0.15, -0.1) is 0 Å². The minimum Gasteiger partial charge on any atom is -0.325 e. The van der Waals surface area contributed by atoms with Crippen LogP contribution in [0.2, 0.25) is 0 Å². The molecule has 0 amide bonds. The van der Waals surface area contributed by atoms with E-state index in [4.69, 9.17) is 5.73 Å². The minimum atomic E-state index is -0.741. The van der Waals surface area contributed by atoms with E-state index in [9.17, 15) is 4.21 Å². The maximum atomic E-state index is 11.6. The number of hydrogen-bond acceptors (Lipinski definition) is 3. The van der Waals surface area contributed by atoms with Crippen LogP contribution in [0.15, 0.2) is 0 Å². The second-order valence-corrected chi connectivity index (χ2v) is 6.76. The van der Waals surface area contributed by atoms with E-state index in [1.165, 1.54) is 25.9 Å². The maximum absolute atomic E-state index is 11.6. The van der Waals surface area contributed by atoms with Crippen LogP contribution in [0.5, 0.6) is 0 Å². The van der Waals surface area contributed by atoms with Gasteiger partial charge in [0.2, 0.25) is 0 Å². The molecule has 0 aliphatic carbocycles. The molecular weight excluding hydrogens is 208 g/mol. The monoisotopic (exact) mass is 232 g/mol. The van der Waals surface area contributed by atoms with E-state index in [0.29, 0.717) is 5.75 Å². The van der Waals surface area contributed by atoms with Gasteiger partial charge in [-0.05, 0) is 52.7 Å². The normalized spacial score (nSPS) is 20.7. The molecule has 1 saturated heterocycles. The quantitative estimate of drug-likeness (QED) is 0.742. The summed E-state index contributed by atoms with van der Waals surface area (Å²) < 4.78 is 11.6. The van der Waals surface area contributed by atoms with E-state index in [-0.39, 0.29) is 5.54 Å². The van der Waals surface area contributed by atoms with Gasteiger partial charge in [-0.1, -0.05) is 0 Å². The summed E-state index contributed by atoms with van der Waals surface area (Å²) in [4.78, 5) is 2.46. The second-order valence-electron chi connectivity index (χ2n) is 5.18. The highest BCUT2D eigenvalue weighted by atomic mass is 32.2. The Morgan fingerprint density at radius 2 is 1.93 bits per heavy atom. The van der Waals surface area contributed by atoms with Gasteiger partial charge < -0.3 is 10.6 Å². The van der Waals surface area contributed by atoms with Crippen molar-refractivity contribution in [3.05, 3.63) is 0 Å². The summed E-state index contributed by atoms with van der Waals surface area (Å²) >= 11 is 0. The van der Waals surface area contributed by atoms with E-state index in [0.717, 1.165) is 18.7 Å². The highest BCUT2D eigenvalue weighted by molar-refractivity contribution is 7.85. The van der Waals surface area contributed by atoms with Crippen molar-refractivity contribution in [2.45, 2.75) is 38.6 Å². The fraction of sp³-hybridized carbons (Fsp3) is 1.00. The van der Waals surface area contributed by atoms with E-state index >= 15 is 0 Å². The summed E-state index contributed by atoms with van der Waals surface area (Å²) in [5.74, 6) is 1.42. The Morgan fingerprint density at radius 1 is 1.33 bits per heavy atom. The van der Waals surface area contributed by atoms with Crippen molar-refractivity contribution in [2.75, 3.05) is 31.1 Å². The molecule has 1 atom stereocenters. The molecule has 0 radical (unpaired) electrons. The van der Waals surface area contributed by atoms with Crippen molar-refractivity contribution < 1.29 is 4.21 Å². The fourth-order valence-corrected chi connectivity index (χ4v) is 3.37. The van der Waals surface area contributed by atoms with Gasteiger partial charge in [-0.3, -0.25) is 4.21 Å². The summed E-state index contributed by atoms with van der Waals surface area (Å²) in [5.41, 5.74) is 5.53. The first-order valence-electron chi connectivity index (χ1n) is 5.83. The fourth-order valence-electron chi connectivity index (χ4n) is 1.94. The highest BCUT2D eigenvalue weighted by Gasteiger charge is 2.16. The lowest BCUT2D eigenvalue weighted by Crippen LogP contribution is -2.38. The Hall–Kier alpha value is 0.0700. The largest absolute Gasteiger partial charge is 0.325 e. The van der Waals surface area contributed by atoms with Crippen LogP contribution in [0.25, 0.3) is 0 Å². The third-order valence-electron chi connectivity index (χ3n) is 2.58. The molecule has 0 spiro atoms. The van der Waals surface area contributed by atoms with Gasteiger partial charge in [-0.25, -0.2) is 0 Å². The molecule has 0 aromatic rings. The average molecular weight is 232 g/mol. The van der Waals surface area contributed by atoms with Crippen molar-refractivity contribution in [3.8, 4) is 0 Å². The first kappa shape index (κ1) is 13.1. The Bertz CT molecular complexity index is 207. The van der Waals surface area contributed by atoms with Gasteiger partial charge >= 0.3 is 0 Å². The third kappa shape index (κ3) is 6.28. The van der Waals surface area contributed by atoms with Crippen molar-refractivity contribution in [3.63, 3.8) is 0 Å². The lowest BCUT2D eigenvalue weighted by molar-refractivity contribution is 0.340. The molecule has 1 unspecified atom stereocenters. The Kier molecular flexibility index (Phi) is 5.23. The molecule has 0 aromatic heterocycles. The number of hydrogen-bond donors (Lipinski definition) is 1. The summed E-state index contributed by atoms with van der Waals surface area (Å²) in [6.45, 7) is 7.44. The number of likely N-dealkylation sites (tertiary alicyclic amines) is 1. The smallest absolute Gasteiger partial charge is 0.0409 e. The molecule has 0 bridgehead atoms. The van der Waals surface area contributed by atoms with Gasteiger partial charge in [-0.2, -0.15) is 0 Å². The Balaban J connectivity index is 2.06. The molecule has 0 aromatic carbocycles. The van der Waals surface area contributed by atoms with Gasteiger partial charge in [0, 0.05) is 27.8 Å². The lowest BCUT2D eigenvalue weighted by Gasteiger charge is -2.18. The van der Waals surface area contributed by atoms with Crippen molar-refractivity contribution in [1.29, 1.82) is 0 Å². The predicted molar refractivity (Wildman–Crippen MR) is 66.4 cm³/mol. The first-order chi connectivity index (χ1) is 6.97. The molecule has 1 heterocycles. The zero-order valence-corrected chi connectivity index (χ0v) is 10.8. The molecule has 90 valence electrons. The SMILES string of the molecule is CC(C)(N)CS(=O)CCCN1CCCC1. The van der Waals surface area contributed by atoms with E-state index in [1.54, 1.807) is 0 Å². The predicted octanol–water partition coefficient (Wildman–Crippen LogP) is 0.958. The van der Waals surface area contributed by atoms with E-state index in [2.05, 4.69) is 4.90 Å². The Morgan fingerprint density at radius 3 is 2.47 bits per heavy atom. The van der Waals surface area contributed by atoms with Crippen molar-refractivity contribution >= 4 is 10.8 Å².